The Morgan fingerprint density at radius 3 is 2.81 bits per heavy atom. The first-order chi connectivity index (χ1) is 7.50. The minimum atomic E-state index is -0.392. The van der Waals surface area contributed by atoms with E-state index in [-0.39, 0.29) is 19.1 Å². The van der Waals surface area contributed by atoms with Gasteiger partial charge in [0.15, 0.2) is 0 Å². The molecule has 0 aromatic heterocycles. The molecular formula is C11H15ClN2O2. The second-order valence-electron chi connectivity index (χ2n) is 3.54. The molecule has 0 saturated heterocycles. The predicted molar refractivity (Wildman–Crippen MR) is 63.4 cm³/mol. The lowest BCUT2D eigenvalue weighted by atomic mass is 10.1. The highest BCUT2D eigenvalue weighted by Gasteiger charge is 2.09. The largest absolute Gasteiger partial charge is 0.493 e. The van der Waals surface area contributed by atoms with E-state index in [4.69, 9.17) is 27.8 Å². The third-order valence-electron chi connectivity index (χ3n) is 2.07. The molecule has 0 heterocycles. The molecule has 0 bridgehead atoms. The zero-order chi connectivity index (χ0) is 12.1. The molecule has 1 aromatic carbocycles. The molecule has 0 unspecified atom stereocenters. The van der Waals surface area contributed by atoms with Crippen molar-refractivity contribution in [3.63, 3.8) is 0 Å². The lowest BCUT2D eigenvalue weighted by Gasteiger charge is -2.13. The van der Waals surface area contributed by atoms with Gasteiger partial charge in [0.25, 0.3) is 0 Å². The van der Waals surface area contributed by atoms with Crippen LogP contribution in [0.3, 0.4) is 0 Å². The molecule has 1 aromatic rings. The summed E-state index contributed by atoms with van der Waals surface area (Å²) in [5.74, 6) is 0.247. The Kier molecular flexibility index (Phi) is 4.58. The highest BCUT2D eigenvalue weighted by atomic mass is 35.5. The van der Waals surface area contributed by atoms with Gasteiger partial charge < -0.3 is 16.2 Å². The molecule has 0 aliphatic rings. The number of ether oxygens (including phenoxy) is 1. The Bertz CT molecular complexity index is 380. The van der Waals surface area contributed by atoms with E-state index in [1.54, 1.807) is 18.2 Å². The van der Waals surface area contributed by atoms with Crippen molar-refractivity contribution in [2.75, 3.05) is 6.61 Å². The summed E-state index contributed by atoms with van der Waals surface area (Å²) in [6.45, 7) is 2.09. The minimum Gasteiger partial charge on any atom is -0.493 e. The van der Waals surface area contributed by atoms with Gasteiger partial charge in [0.05, 0.1) is 13.0 Å². The molecule has 0 spiro atoms. The molecule has 88 valence electrons. The fraction of sp³-hybridized carbons (Fsp3) is 0.364. The van der Waals surface area contributed by atoms with Gasteiger partial charge in [-0.25, -0.2) is 0 Å². The van der Waals surface area contributed by atoms with Gasteiger partial charge in [-0.05, 0) is 25.1 Å². The molecule has 1 rings (SSSR count). The zero-order valence-electron chi connectivity index (χ0n) is 9.07. The maximum atomic E-state index is 10.6. The topological polar surface area (TPSA) is 78.3 Å². The molecule has 4 nitrogen and oxygen atoms in total. The van der Waals surface area contributed by atoms with E-state index in [9.17, 15) is 4.79 Å². The van der Waals surface area contributed by atoms with Crippen molar-refractivity contribution >= 4 is 17.5 Å². The van der Waals surface area contributed by atoms with E-state index in [0.29, 0.717) is 10.8 Å². The van der Waals surface area contributed by atoms with Crippen molar-refractivity contribution in [1.82, 2.24) is 0 Å². The van der Waals surface area contributed by atoms with Crippen LogP contribution in [0.15, 0.2) is 18.2 Å². The predicted octanol–water partition coefficient (Wildman–Crippen LogP) is 1.61. The van der Waals surface area contributed by atoms with E-state index < -0.39 is 5.91 Å². The molecule has 5 heteroatoms. The van der Waals surface area contributed by atoms with Crippen LogP contribution in [0.1, 0.15) is 24.9 Å². The summed E-state index contributed by atoms with van der Waals surface area (Å²) in [7, 11) is 0. The fourth-order valence-electron chi connectivity index (χ4n) is 1.27. The number of benzene rings is 1. The number of primary amides is 1. The number of rotatable bonds is 5. The highest BCUT2D eigenvalue weighted by Crippen LogP contribution is 2.27. The maximum Gasteiger partial charge on any atom is 0.220 e. The third-order valence-corrected chi connectivity index (χ3v) is 2.30. The average molecular weight is 243 g/mol. The Labute approximate surface area is 99.5 Å². The Hall–Kier alpha value is -1.26. The number of amides is 1. The summed E-state index contributed by atoms with van der Waals surface area (Å²) in [6, 6.07) is 5.03. The molecule has 4 N–H and O–H groups in total. The van der Waals surface area contributed by atoms with Crippen LogP contribution in [0.25, 0.3) is 0 Å². The van der Waals surface area contributed by atoms with Crippen LogP contribution in [0.5, 0.6) is 5.75 Å². The number of nitrogens with two attached hydrogens (primary N) is 2. The first kappa shape index (κ1) is 12.8. The second-order valence-corrected chi connectivity index (χ2v) is 3.97. The molecule has 0 saturated carbocycles. The fourth-order valence-corrected chi connectivity index (χ4v) is 1.45. The van der Waals surface area contributed by atoms with E-state index in [1.807, 2.05) is 6.92 Å². The Morgan fingerprint density at radius 1 is 1.56 bits per heavy atom. The number of carbonyl (C=O) groups is 1. The van der Waals surface area contributed by atoms with Crippen LogP contribution in [0.4, 0.5) is 0 Å². The first-order valence-electron chi connectivity index (χ1n) is 4.97. The van der Waals surface area contributed by atoms with E-state index in [1.165, 1.54) is 0 Å². The first-order valence-corrected chi connectivity index (χ1v) is 5.34. The van der Waals surface area contributed by atoms with Crippen LogP contribution in [-0.2, 0) is 4.79 Å². The van der Waals surface area contributed by atoms with E-state index >= 15 is 0 Å². The summed E-state index contributed by atoms with van der Waals surface area (Å²) < 4.78 is 5.42. The molecular weight excluding hydrogens is 228 g/mol. The standard InChI is InChI=1S/C11H15ClN2O2/c1-7(13)9-6-8(12)2-3-10(9)16-5-4-11(14)15/h2-3,6-7H,4-5,13H2,1H3,(H2,14,15)/t7-/m0/s1. The highest BCUT2D eigenvalue weighted by molar-refractivity contribution is 6.30. The SMILES string of the molecule is C[C@H](N)c1cc(Cl)ccc1OCCC(N)=O. The summed E-state index contributed by atoms with van der Waals surface area (Å²) in [5, 5.41) is 0.606. The summed E-state index contributed by atoms with van der Waals surface area (Å²) >= 11 is 5.86. The van der Waals surface area contributed by atoms with Crippen molar-refractivity contribution < 1.29 is 9.53 Å². The van der Waals surface area contributed by atoms with Gasteiger partial charge >= 0.3 is 0 Å². The van der Waals surface area contributed by atoms with E-state index in [2.05, 4.69) is 0 Å². The Balaban J connectivity index is 2.74. The van der Waals surface area contributed by atoms with Gasteiger partial charge in [-0.3, -0.25) is 4.79 Å². The van der Waals surface area contributed by atoms with Gasteiger partial charge in [-0.2, -0.15) is 0 Å². The number of halogens is 1. The molecule has 0 fully saturated rings. The van der Waals surface area contributed by atoms with Gasteiger partial charge in [0.2, 0.25) is 5.91 Å². The smallest absolute Gasteiger partial charge is 0.220 e. The minimum absolute atomic E-state index is 0.178. The number of carbonyl (C=O) groups excluding carboxylic acids is 1. The summed E-state index contributed by atoms with van der Waals surface area (Å²) in [6.07, 6.45) is 0.182. The van der Waals surface area contributed by atoms with Crippen LogP contribution in [0, 0.1) is 0 Å². The molecule has 16 heavy (non-hydrogen) atoms. The Morgan fingerprint density at radius 2 is 2.25 bits per heavy atom. The summed E-state index contributed by atoms with van der Waals surface area (Å²) in [4.78, 5) is 10.6. The van der Waals surface area contributed by atoms with Gasteiger partial charge in [-0.15, -0.1) is 0 Å². The number of hydrogen-bond donors (Lipinski definition) is 2. The van der Waals surface area contributed by atoms with Crippen molar-refractivity contribution in [2.24, 2.45) is 11.5 Å². The van der Waals surface area contributed by atoms with Crippen LogP contribution in [-0.4, -0.2) is 12.5 Å². The van der Waals surface area contributed by atoms with Gasteiger partial charge in [0, 0.05) is 16.6 Å². The quantitative estimate of drug-likeness (QED) is 0.824. The average Bonchev–Trinajstić information content (AvgIpc) is 2.19. The van der Waals surface area contributed by atoms with E-state index in [0.717, 1.165) is 5.56 Å². The lowest BCUT2D eigenvalue weighted by molar-refractivity contribution is -0.118. The van der Waals surface area contributed by atoms with Crippen molar-refractivity contribution in [3.8, 4) is 5.75 Å². The zero-order valence-corrected chi connectivity index (χ0v) is 9.83. The van der Waals surface area contributed by atoms with Crippen LogP contribution >= 0.6 is 11.6 Å². The summed E-state index contributed by atoms with van der Waals surface area (Å²) in [5.41, 5.74) is 11.6. The molecule has 0 aliphatic heterocycles. The normalized spacial score (nSPS) is 12.2. The van der Waals surface area contributed by atoms with Gasteiger partial charge in [0.1, 0.15) is 5.75 Å². The van der Waals surface area contributed by atoms with Gasteiger partial charge in [-0.1, -0.05) is 11.6 Å². The van der Waals surface area contributed by atoms with Crippen molar-refractivity contribution in [2.45, 2.75) is 19.4 Å². The second kappa shape index (κ2) is 5.72. The third kappa shape index (κ3) is 3.72. The van der Waals surface area contributed by atoms with Crippen molar-refractivity contribution in [1.29, 1.82) is 0 Å². The lowest BCUT2D eigenvalue weighted by Crippen LogP contribution is -2.15. The van der Waals surface area contributed by atoms with Crippen LogP contribution < -0.4 is 16.2 Å². The van der Waals surface area contributed by atoms with Crippen molar-refractivity contribution in [3.05, 3.63) is 28.8 Å². The molecule has 0 radical (unpaired) electrons. The van der Waals surface area contributed by atoms with Crippen LogP contribution in [0.2, 0.25) is 5.02 Å². The monoisotopic (exact) mass is 242 g/mol. The molecule has 1 amide bonds. The maximum absolute atomic E-state index is 10.6. The number of hydrogen-bond acceptors (Lipinski definition) is 3. The molecule has 1 atom stereocenters. The molecule has 0 aliphatic carbocycles.